The molecule has 0 bridgehead atoms. The minimum Gasteiger partial charge on any atom is -0.365 e. The van der Waals surface area contributed by atoms with Gasteiger partial charge in [-0.05, 0) is 38.4 Å². The number of rotatable bonds is 7. The molecule has 0 saturated heterocycles. The molecule has 0 aromatic carbocycles. The average molecular weight is 223 g/mol. The van der Waals surface area contributed by atoms with Crippen molar-refractivity contribution in [2.75, 3.05) is 13.1 Å². The maximum Gasteiger partial charge on any atom is 0.0217 e. The highest BCUT2D eigenvalue weighted by atomic mass is 14.9. The van der Waals surface area contributed by atoms with Crippen molar-refractivity contribution in [2.24, 2.45) is 5.73 Å². The zero-order valence-corrected chi connectivity index (χ0v) is 10.7. The number of nitrogens with one attached hydrogen (secondary N) is 2. The van der Waals surface area contributed by atoms with Crippen molar-refractivity contribution in [3.63, 3.8) is 0 Å². The van der Waals surface area contributed by atoms with E-state index >= 15 is 0 Å². The van der Waals surface area contributed by atoms with Crippen LogP contribution >= 0.6 is 0 Å². The van der Waals surface area contributed by atoms with Crippen molar-refractivity contribution in [1.82, 2.24) is 10.3 Å². The van der Waals surface area contributed by atoms with E-state index in [0.717, 1.165) is 25.9 Å². The number of hydrogen-bond acceptors (Lipinski definition) is 2. The fraction of sp³-hybridized carbons (Fsp3) is 0.692. The summed E-state index contributed by atoms with van der Waals surface area (Å²) in [6, 6.07) is 4.51. The zero-order valence-electron chi connectivity index (χ0n) is 10.7. The molecule has 1 unspecified atom stereocenters. The van der Waals surface area contributed by atoms with Gasteiger partial charge in [-0.3, -0.25) is 0 Å². The maximum atomic E-state index is 5.70. The Morgan fingerprint density at radius 3 is 2.81 bits per heavy atom. The van der Waals surface area contributed by atoms with Crippen LogP contribution in [0.4, 0.5) is 0 Å². The Balaban J connectivity index is 2.22. The van der Waals surface area contributed by atoms with E-state index in [9.17, 15) is 0 Å². The predicted octanol–water partition coefficient (Wildman–Crippen LogP) is 2.01. The van der Waals surface area contributed by atoms with Gasteiger partial charge in [0.1, 0.15) is 0 Å². The molecule has 0 saturated carbocycles. The Kier molecular flexibility index (Phi) is 5.03. The van der Waals surface area contributed by atoms with Crippen LogP contribution in [0.3, 0.4) is 0 Å². The van der Waals surface area contributed by atoms with Crippen molar-refractivity contribution in [1.29, 1.82) is 0 Å². The maximum absolute atomic E-state index is 5.70. The summed E-state index contributed by atoms with van der Waals surface area (Å²) in [6.45, 7) is 8.59. The van der Waals surface area contributed by atoms with E-state index in [-0.39, 0.29) is 5.41 Å². The first kappa shape index (κ1) is 13.3. The number of hydrogen-bond donors (Lipinski definition) is 3. The monoisotopic (exact) mass is 223 g/mol. The van der Waals surface area contributed by atoms with Crippen LogP contribution in [-0.4, -0.2) is 24.1 Å². The van der Waals surface area contributed by atoms with Crippen LogP contribution in [0.25, 0.3) is 0 Å². The standard InChI is InChI=1S/C13H25N3/c1-11(14)6-4-8-15-10-13(2,3)12-7-5-9-16-12/h5,7,9,11,15-16H,4,6,8,10,14H2,1-3H3. The fourth-order valence-electron chi connectivity index (χ4n) is 1.80. The molecule has 0 aliphatic rings. The quantitative estimate of drug-likeness (QED) is 0.619. The zero-order chi connectivity index (χ0) is 12.0. The smallest absolute Gasteiger partial charge is 0.0217 e. The molecule has 0 spiro atoms. The van der Waals surface area contributed by atoms with E-state index < -0.39 is 0 Å². The molecular weight excluding hydrogens is 198 g/mol. The Bertz CT molecular complexity index is 275. The molecular formula is C13H25N3. The topological polar surface area (TPSA) is 53.8 Å². The molecule has 1 atom stereocenters. The Morgan fingerprint density at radius 1 is 1.50 bits per heavy atom. The number of nitrogens with two attached hydrogens (primary N) is 1. The van der Waals surface area contributed by atoms with Gasteiger partial charge in [-0.25, -0.2) is 0 Å². The highest BCUT2D eigenvalue weighted by molar-refractivity contribution is 5.15. The van der Waals surface area contributed by atoms with Gasteiger partial charge < -0.3 is 16.0 Å². The molecule has 3 nitrogen and oxygen atoms in total. The lowest BCUT2D eigenvalue weighted by atomic mass is 9.89. The Morgan fingerprint density at radius 2 is 2.25 bits per heavy atom. The summed E-state index contributed by atoms with van der Waals surface area (Å²) in [6.07, 6.45) is 4.22. The first-order valence-corrected chi connectivity index (χ1v) is 6.12. The van der Waals surface area contributed by atoms with E-state index in [0.29, 0.717) is 6.04 Å². The lowest BCUT2D eigenvalue weighted by Crippen LogP contribution is -2.34. The second kappa shape index (κ2) is 6.06. The van der Waals surface area contributed by atoms with Crippen LogP contribution in [0, 0.1) is 0 Å². The molecule has 1 aromatic heterocycles. The van der Waals surface area contributed by atoms with Gasteiger partial charge in [0.2, 0.25) is 0 Å². The van der Waals surface area contributed by atoms with Crippen LogP contribution < -0.4 is 11.1 Å². The third-order valence-electron chi connectivity index (χ3n) is 2.91. The first-order chi connectivity index (χ1) is 7.52. The molecule has 92 valence electrons. The summed E-state index contributed by atoms with van der Waals surface area (Å²) in [5.74, 6) is 0. The van der Waals surface area contributed by atoms with Crippen molar-refractivity contribution in [3.8, 4) is 0 Å². The second-order valence-electron chi connectivity index (χ2n) is 5.26. The summed E-state index contributed by atoms with van der Waals surface area (Å²) in [7, 11) is 0. The van der Waals surface area contributed by atoms with Crippen LogP contribution in [0.2, 0.25) is 0 Å². The van der Waals surface area contributed by atoms with E-state index in [1.54, 1.807) is 0 Å². The van der Waals surface area contributed by atoms with E-state index in [4.69, 9.17) is 5.73 Å². The normalized spacial score (nSPS) is 14.0. The van der Waals surface area contributed by atoms with Gasteiger partial charge in [0, 0.05) is 29.9 Å². The summed E-state index contributed by atoms with van der Waals surface area (Å²) in [4.78, 5) is 3.28. The predicted molar refractivity (Wildman–Crippen MR) is 69.6 cm³/mol. The summed E-state index contributed by atoms with van der Waals surface area (Å²) in [5, 5.41) is 3.49. The van der Waals surface area contributed by atoms with Gasteiger partial charge in [-0.2, -0.15) is 0 Å². The van der Waals surface area contributed by atoms with Gasteiger partial charge in [-0.15, -0.1) is 0 Å². The average Bonchev–Trinajstić information content (AvgIpc) is 2.69. The van der Waals surface area contributed by atoms with Crippen LogP contribution in [-0.2, 0) is 5.41 Å². The second-order valence-corrected chi connectivity index (χ2v) is 5.26. The highest BCUT2D eigenvalue weighted by Crippen LogP contribution is 2.19. The number of aromatic nitrogens is 1. The van der Waals surface area contributed by atoms with Gasteiger partial charge in [0.25, 0.3) is 0 Å². The van der Waals surface area contributed by atoms with Gasteiger partial charge in [0.15, 0.2) is 0 Å². The van der Waals surface area contributed by atoms with Gasteiger partial charge in [-0.1, -0.05) is 13.8 Å². The van der Waals surface area contributed by atoms with Gasteiger partial charge >= 0.3 is 0 Å². The summed E-state index contributed by atoms with van der Waals surface area (Å²) in [5.41, 5.74) is 7.15. The van der Waals surface area contributed by atoms with Crippen LogP contribution in [0.15, 0.2) is 18.3 Å². The van der Waals surface area contributed by atoms with Crippen molar-refractivity contribution >= 4 is 0 Å². The Labute approximate surface area is 98.8 Å². The molecule has 16 heavy (non-hydrogen) atoms. The number of H-pyrrole nitrogens is 1. The molecule has 1 rings (SSSR count). The molecule has 1 heterocycles. The fourth-order valence-corrected chi connectivity index (χ4v) is 1.80. The van der Waals surface area contributed by atoms with Crippen LogP contribution in [0.5, 0.6) is 0 Å². The molecule has 0 aliphatic carbocycles. The third kappa shape index (κ3) is 4.37. The summed E-state index contributed by atoms with van der Waals surface area (Å²) >= 11 is 0. The SMILES string of the molecule is CC(N)CCCNCC(C)(C)c1ccc[nH]1. The van der Waals surface area contributed by atoms with Crippen molar-refractivity contribution in [2.45, 2.75) is 45.1 Å². The van der Waals surface area contributed by atoms with E-state index in [1.807, 2.05) is 12.3 Å². The molecule has 0 radical (unpaired) electrons. The van der Waals surface area contributed by atoms with Gasteiger partial charge in [0.05, 0.1) is 0 Å². The lowest BCUT2D eigenvalue weighted by Gasteiger charge is -2.24. The molecule has 1 aromatic rings. The molecule has 0 fully saturated rings. The number of aromatic amines is 1. The van der Waals surface area contributed by atoms with Crippen molar-refractivity contribution < 1.29 is 0 Å². The largest absolute Gasteiger partial charge is 0.365 e. The Hall–Kier alpha value is -0.800. The minimum atomic E-state index is 0.165. The van der Waals surface area contributed by atoms with Crippen molar-refractivity contribution in [3.05, 3.63) is 24.0 Å². The molecule has 3 heteroatoms. The van der Waals surface area contributed by atoms with Crippen LogP contribution in [0.1, 0.15) is 39.3 Å². The first-order valence-electron chi connectivity index (χ1n) is 6.12. The lowest BCUT2D eigenvalue weighted by molar-refractivity contribution is 0.450. The molecule has 0 aliphatic heterocycles. The highest BCUT2D eigenvalue weighted by Gasteiger charge is 2.20. The summed E-state index contributed by atoms with van der Waals surface area (Å²) < 4.78 is 0. The van der Waals surface area contributed by atoms with E-state index in [2.05, 4.69) is 37.1 Å². The minimum absolute atomic E-state index is 0.165. The van der Waals surface area contributed by atoms with E-state index in [1.165, 1.54) is 5.69 Å². The molecule has 4 N–H and O–H groups in total. The molecule has 0 amide bonds. The third-order valence-corrected chi connectivity index (χ3v) is 2.91.